The first-order chi connectivity index (χ1) is 5.23. The first kappa shape index (κ1) is 7.64. The molecule has 0 amide bonds. The highest BCUT2D eigenvalue weighted by Gasteiger charge is 2.44. The third-order valence-electron chi connectivity index (χ3n) is 4.39. The normalized spacial score (nSPS) is 50.7. The smallest absolute Gasteiger partial charge is 0.0271 e. The molecule has 2 aliphatic carbocycles. The van der Waals surface area contributed by atoms with Crippen LogP contribution in [-0.4, -0.2) is 0 Å². The average Bonchev–Trinajstić information content (AvgIpc) is 2.03. The predicted octanol–water partition coefficient (Wildman–Crippen LogP) is 3.61. The van der Waals surface area contributed by atoms with Gasteiger partial charge in [-0.05, 0) is 42.9 Å². The molecule has 2 saturated carbocycles. The SMILES string of the molecule is CC1CCC2(CC1)CCC2C. The van der Waals surface area contributed by atoms with Gasteiger partial charge in [0.05, 0.1) is 0 Å². The molecular weight excluding hydrogens is 132 g/mol. The molecule has 64 valence electrons. The summed E-state index contributed by atoms with van der Waals surface area (Å²) in [5.74, 6) is 2.07. The van der Waals surface area contributed by atoms with E-state index in [-0.39, 0.29) is 0 Å². The maximum Gasteiger partial charge on any atom is -0.0271 e. The molecule has 1 unspecified atom stereocenters. The molecule has 2 fully saturated rings. The highest BCUT2D eigenvalue weighted by Crippen LogP contribution is 2.56. The highest BCUT2D eigenvalue weighted by atomic mass is 14.5. The van der Waals surface area contributed by atoms with Gasteiger partial charge in [-0.2, -0.15) is 0 Å². The van der Waals surface area contributed by atoms with Crippen LogP contribution in [0, 0.1) is 17.3 Å². The van der Waals surface area contributed by atoms with Crippen LogP contribution in [0.2, 0.25) is 0 Å². The Morgan fingerprint density at radius 1 is 0.909 bits per heavy atom. The summed E-state index contributed by atoms with van der Waals surface area (Å²) in [4.78, 5) is 0. The van der Waals surface area contributed by atoms with Gasteiger partial charge in [0.1, 0.15) is 0 Å². The van der Waals surface area contributed by atoms with E-state index >= 15 is 0 Å². The molecule has 1 atom stereocenters. The molecule has 0 aromatic heterocycles. The van der Waals surface area contributed by atoms with Crippen molar-refractivity contribution in [1.29, 1.82) is 0 Å². The van der Waals surface area contributed by atoms with Crippen molar-refractivity contribution in [2.75, 3.05) is 0 Å². The molecule has 0 radical (unpaired) electrons. The van der Waals surface area contributed by atoms with E-state index in [2.05, 4.69) is 13.8 Å². The Morgan fingerprint density at radius 2 is 1.45 bits per heavy atom. The van der Waals surface area contributed by atoms with E-state index in [1.807, 2.05) is 0 Å². The molecule has 0 heterocycles. The lowest BCUT2D eigenvalue weighted by molar-refractivity contribution is -0.00914. The second-order valence-electron chi connectivity index (χ2n) is 4.98. The fraction of sp³-hybridized carbons (Fsp3) is 1.00. The number of hydrogen-bond donors (Lipinski definition) is 0. The van der Waals surface area contributed by atoms with Crippen LogP contribution in [0.3, 0.4) is 0 Å². The number of hydrogen-bond acceptors (Lipinski definition) is 0. The monoisotopic (exact) mass is 152 g/mol. The zero-order valence-corrected chi connectivity index (χ0v) is 7.90. The third-order valence-corrected chi connectivity index (χ3v) is 4.39. The van der Waals surface area contributed by atoms with Crippen molar-refractivity contribution in [2.45, 2.75) is 52.4 Å². The lowest BCUT2D eigenvalue weighted by Crippen LogP contribution is -2.41. The van der Waals surface area contributed by atoms with E-state index in [9.17, 15) is 0 Å². The quantitative estimate of drug-likeness (QED) is 0.497. The van der Waals surface area contributed by atoms with E-state index in [0.29, 0.717) is 0 Å². The molecular formula is C11H20. The zero-order chi connectivity index (χ0) is 7.90. The lowest BCUT2D eigenvalue weighted by Gasteiger charge is -2.52. The van der Waals surface area contributed by atoms with Gasteiger partial charge in [0.2, 0.25) is 0 Å². The third kappa shape index (κ3) is 1.11. The zero-order valence-electron chi connectivity index (χ0n) is 7.90. The van der Waals surface area contributed by atoms with Gasteiger partial charge in [0.15, 0.2) is 0 Å². The lowest BCUT2D eigenvalue weighted by atomic mass is 9.53. The Bertz CT molecular complexity index is 140. The van der Waals surface area contributed by atoms with Crippen molar-refractivity contribution in [2.24, 2.45) is 17.3 Å². The first-order valence-corrected chi connectivity index (χ1v) is 5.23. The minimum absolute atomic E-state index is 0.840. The number of rotatable bonds is 0. The fourth-order valence-corrected chi connectivity index (χ4v) is 2.92. The van der Waals surface area contributed by atoms with E-state index in [1.165, 1.54) is 32.1 Å². The van der Waals surface area contributed by atoms with Crippen LogP contribution in [0.1, 0.15) is 52.4 Å². The maximum absolute atomic E-state index is 2.46. The molecule has 0 nitrogen and oxygen atoms in total. The molecule has 2 rings (SSSR count). The van der Waals surface area contributed by atoms with Crippen LogP contribution in [0.25, 0.3) is 0 Å². The minimum atomic E-state index is 0.840. The van der Waals surface area contributed by atoms with Gasteiger partial charge in [0, 0.05) is 0 Å². The first-order valence-electron chi connectivity index (χ1n) is 5.23. The van der Waals surface area contributed by atoms with Gasteiger partial charge in [-0.25, -0.2) is 0 Å². The molecule has 0 heteroatoms. The summed E-state index contributed by atoms with van der Waals surface area (Å²) in [7, 11) is 0. The summed E-state index contributed by atoms with van der Waals surface area (Å²) in [6, 6.07) is 0. The summed E-state index contributed by atoms with van der Waals surface area (Å²) < 4.78 is 0. The van der Waals surface area contributed by atoms with Crippen LogP contribution in [0.15, 0.2) is 0 Å². The van der Waals surface area contributed by atoms with Crippen LogP contribution in [0.5, 0.6) is 0 Å². The van der Waals surface area contributed by atoms with Gasteiger partial charge in [-0.15, -0.1) is 0 Å². The molecule has 0 bridgehead atoms. The highest BCUT2D eigenvalue weighted by molar-refractivity contribution is 4.95. The predicted molar refractivity (Wildman–Crippen MR) is 48.5 cm³/mol. The van der Waals surface area contributed by atoms with E-state index in [4.69, 9.17) is 0 Å². The molecule has 0 aromatic rings. The van der Waals surface area contributed by atoms with Gasteiger partial charge in [-0.1, -0.05) is 26.7 Å². The molecule has 0 N–H and O–H groups in total. The van der Waals surface area contributed by atoms with Gasteiger partial charge >= 0.3 is 0 Å². The van der Waals surface area contributed by atoms with Crippen molar-refractivity contribution < 1.29 is 0 Å². The fourth-order valence-electron chi connectivity index (χ4n) is 2.92. The summed E-state index contributed by atoms with van der Waals surface area (Å²) in [6.45, 7) is 4.87. The van der Waals surface area contributed by atoms with Crippen molar-refractivity contribution in [3.05, 3.63) is 0 Å². The molecule has 11 heavy (non-hydrogen) atoms. The average molecular weight is 152 g/mol. The van der Waals surface area contributed by atoms with Crippen LogP contribution >= 0.6 is 0 Å². The molecule has 1 spiro atoms. The molecule has 2 aliphatic rings. The Hall–Kier alpha value is 0. The maximum atomic E-state index is 2.46. The summed E-state index contributed by atoms with van der Waals surface area (Å²) in [5.41, 5.74) is 0.840. The molecule has 0 saturated heterocycles. The van der Waals surface area contributed by atoms with Crippen LogP contribution < -0.4 is 0 Å². The van der Waals surface area contributed by atoms with Crippen molar-refractivity contribution >= 4 is 0 Å². The topological polar surface area (TPSA) is 0 Å². The van der Waals surface area contributed by atoms with E-state index < -0.39 is 0 Å². The Kier molecular flexibility index (Phi) is 1.74. The Balaban J connectivity index is 1.96. The van der Waals surface area contributed by atoms with Crippen LogP contribution in [0.4, 0.5) is 0 Å². The van der Waals surface area contributed by atoms with E-state index in [0.717, 1.165) is 17.3 Å². The van der Waals surface area contributed by atoms with Crippen molar-refractivity contribution in [3.63, 3.8) is 0 Å². The summed E-state index contributed by atoms with van der Waals surface area (Å²) in [5, 5.41) is 0. The Labute approximate surface area is 70.4 Å². The summed E-state index contributed by atoms with van der Waals surface area (Å²) in [6.07, 6.45) is 9.13. The van der Waals surface area contributed by atoms with E-state index in [1.54, 1.807) is 6.42 Å². The molecule has 0 aromatic carbocycles. The second kappa shape index (κ2) is 2.50. The standard InChI is InChI=1S/C11H20/c1-9-3-6-11(7-4-9)8-5-10(11)2/h9-10H,3-8H2,1-2H3. The Morgan fingerprint density at radius 3 is 1.82 bits per heavy atom. The van der Waals surface area contributed by atoms with Crippen LogP contribution in [-0.2, 0) is 0 Å². The van der Waals surface area contributed by atoms with Gasteiger partial charge < -0.3 is 0 Å². The van der Waals surface area contributed by atoms with Crippen molar-refractivity contribution in [1.82, 2.24) is 0 Å². The summed E-state index contributed by atoms with van der Waals surface area (Å²) >= 11 is 0. The largest absolute Gasteiger partial charge is 0.0625 e. The second-order valence-corrected chi connectivity index (χ2v) is 4.98. The van der Waals surface area contributed by atoms with Gasteiger partial charge in [-0.3, -0.25) is 0 Å². The van der Waals surface area contributed by atoms with Gasteiger partial charge in [0.25, 0.3) is 0 Å². The molecule has 0 aliphatic heterocycles. The van der Waals surface area contributed by atoms with Crippen molar-refractivity contribution in [3.8, 4) is 0 Å². The minimum Gasteiger partial charge on any atom is -0.0625 e.